The van der Waals surface area contributed by atoms with Gasteiger partial charge in [-0.1, -0.05) is 37.3 Å². The van der Waals surface area contributed by atoms with Crippen LogP contribution in [0.5, 0.6) is 0 Å². The monoisotopic (exact) mass is 222 g/mol. The smallest absolute Gasteiger partial charge is 0.244 e. The van der Waals surface area contributed by atoms with Crippen molar-refractivity contribution in [3.63, 3.8) is 0 Å². The van der Waals surface area contributed by atoms with Gasteiger partial charge in [-0.15, -0.1) is 0 Å². The Morgan fingerprint density at radius 3 is 2.50 bits per heavy atom. The van der Waals surface area contributed by atoms with Gasteiger partial charge in [-0.25, -0.2) is 0 Å². The van der Waals surface area contributed by atoms with E-state index in [0.717, 1.165) is 5.56 Å². The van der Waals surface area contributed by atoms with Crippen LogP contribution in [-0.4, -0.2) is 26.2 Å². The lowest BCUT2D eigenvalue weighted by Crippen LogP contribution is -2.55. The quantitative estimate of drug-likeness (QED) is 0.741. The topological polar surface area (TPSA) is 64.3 Å². The molecule has 0 radical (unpaired) electrons. The molecule has 0 spiro atoms. The Labute approximate surface area is 95.8 Å². The van der Waals surface area contributed by atoms with E-state index in [1.54, 1.807) is 7.11 Å². The van der Waals surface area contributed by atoms with Crippen molar-refractivity contribution in [1.82, 2.24) is 5.32 Å². The Morgan fingerprint density at radius 1 is 1.44 bits per heavy atom. The SMILES string of the molecule is CCNC(COC)(C(N)=O)c1ccccc1. The van der Waals surface area contributed by atoms with E-state index in [0.29, 0.717) is 6.54 Å². The number of methoxy groups -OCH3 is 1. The maximum Gasteiger partial charge on any atom is 0.244 e. The van der Waals surface area contributed by atoms with Crippen LogP contribution in [-0.2, 0) is 15.1 Å². The van der Waals surface area contributed by atoms with E-state index in [4.69, 9.17) is 10.5 Å². The van der Waals surface area contributed by atoms with E-state index in [1.807, 2.05) is 37.3 Å². The van der Waals surface area contributed by atoms with Crippen molar-refractivity contribution in [3.05, 3.63) is 35.9 Å². The maximum atomic E-state index is 11.7. The van der Waals surface area contributed by atoms with Gasteiger partial charge in [-0.05, 0) is 12.1 Å². The summed E-state index contributed by atoms with van der Waals surface area (Å²) in [6.07, 6.45) is 0. The Bertz CT molecular complexity index is 332. The van der Waals surface area contributed by atoms with Gasteiger partial charge in [-0.3, -0.25) is 10.1 Å². The molecule has 88 valence electrons. The van der Waals surface area contributed by atoms with Crippen molar-refractivity contribution in [2.75, 3.05) is 20.3 Å². The molecule has 0 aliphatic carbocycles. The van der Waals surface area contributed by atoms with E-state index >= 15 is 0 Å². The number of likely N-dealkylation sites (N-methyl/N-ethyl adjacent to an activating group) is 1. The van der Waals surface area contributed by atoms with Crippen LogP contribution >= 0.6 is 0 Å². The summed E-state index contributed by atoms with van der Waals surface area (Å²) in [4.78, 5) is 11.7. The summed E-state index contributed by atoms with van der Waals surface area (Å²) in [5.41, 5.74) is 5.38. The highest BCUT2D eigenvalue weighted by Crippen LogP contribution is 2.21. The number of carbonyl (C=O) groups is 1. The highest BCUT2D eigenvalue weighted by Gasteiger charge is 2.37. The standard InChI is InChI=1S/C12H18N2O2/c1-3-14-12(9-16-2,11(13)15)10-7-5-4-6-8-10/h4-8,14H,3,9H2,1-2H3,(H2,13,15). The minimum atomic E-state index is -0.940. The van der Waals surface area contributed by atoms with Crippen LogP contribution in [0, 0.1) is 0 Å². The molecule has 0 fully saturated rings. The minimum Gasteiger partial charge on any atom is -0.382 e. The highest BCUT2D eigenvalue weighted by atomic mass is 16.5. The first-order valence-corrected chi connectivity index (χ1v) is 5.26. The number of ether oxygens (including phenoxy) is 1. The molecule has 1 rings (SSSR count). The van der Waals surface area contributed by atoms with Crippen molar-refractivity contribution in [2.24, 2.45) is 5.73 Å². The lowest BCUT2D eigenvalue weighted by molar-refractivity contribution is -0.127. The number of rotatable bonds is 6. The lowest BCUT2D eigenvalue weighted by Gasteiger charge is -2.31. The molecular formula is C12H18N2O2. The van der Waals surface area contributed by atoms with Crippen LogP contribution in [0.25, 0.3) is 0 Å². The summed E-state index contributed by atoms with van der Waals surface area (Å²) >= 11 is 0. The Kier molecular flexibility index (Phi) is 4.46. The minimum absolute atomic E-state index is 0.222. The van der Waals surface area contributed by atoms with E-state index in [2.05, 4.69) is 5.32 Å². The van der Waals surface area contributed by atoms with Crippen molar-refractivity contribution >= 4 is 5.91 Å². The fourth-order valence-electron chi connectivity index (χ4n) is 1.78. The first-order valence-electron chi connectivity index (χ1n) is 5.26. The van der Waals surface area contributed by atoms with Crippen molar-refractivity contribution < 1.29 is 9.53 Å². The van der Waals surface area contributed by atoms with Crippen molar-refractivity contribution in [2.45, 2.75) is 12.5 Å². The second kappa shape index (κ2) is 5.63. The molecule has 0 aromatic heterocycles. The van der Waals surface area contributed by atoms with Gasteiger partial charge in [0.05, 0.1) is 6.61 Å². The van der Waals surface area contributed by atoms with E-state index in [-0.39, 0.29) is 6.61 Å². The van der Waals surface area contributed by atoms with Gasteiger partial charge >= 0.3 is 0 Å². The summed E-state index contributed by atoms with van der Waals surface area (Å²) in [7, 11) is 1.55. The van der Waals surface area contributed by atoms with Crippen LogP contribution in [0.15, 0.2) is 30.3 Å². The average molecular weight is 222 g/mol. The van der Waals surface area contributed by atoms with Crippen molar-refractivity contribution in [1.29, 1.82) is 0 Å². The summed E-state index contributed by atoms with van der Waals surface area (Å²) in [6.45, 7) is 2.79. The fourth-order valence-corrected chi connectivity index (χ4v) is 1.78. The van der Waals surface area contributed by atoms with Gasteiger partial charge in [0.25, 0.3) is 0 Å². The van der Waals surface area contributed by atoms with Crippen LogP contribution < -0.4 is 11.1 Å². The van der Waals surface area contributed by atoms with E-state index < -0.39 is 11.4 Å². The first-order chi connectivity index (χ1) is 7.67. The molecule has 3 N–H and O–H groups in total. The van der Waals surface area contributed by atoms with Gasteiger partial charge in [0.15, 0.2) is 0 Å². The summed E-state index contributed by atoms with van der Waals surface area (Å²) in [6, 6.07) is 9.38. The second-order valence-electron chi connectivity index (χ2n) is 3.60. The number of amides is 1. The largest absolute Gasteiger partial charge is 0.382 e. The number of benzene rings is 1. The Morgan fingerprint density at radius 2 is 2.06 bits per heavy atom. The normalized spacial score (nSPS) is 14.4. The molecule has 1 aromatic carbocycles. The lowest BCUT2D eigenvalue weighted by atomic mass is 9.90. The summed E-state index contributed by atoms with van der Waals surface area (Å²) in [5.74, 6) is -0.428. The Balaban J connectivity index is 3.15. The molecule has 1 aromatic rings. The third-order valence-electron chi connectivity index (χ3n) is 2.53. The third kappa shape index (κ3) is 2.40. The predicted molar refractivity (Wildman–Crippen MR) is 62.9 cm³/mol. The molecule has 1 atom stereocenters. The molecule has 0 heterocycles. The molecule has 0 aliphatic rings. The van der Waals surface area contributed by atoms with Crippen LogP contribution in [0.4, 0.5) is 0 Å². The number of hydrogen-bond acceptors (Lipinski definition) is 3. The molecule has 1 amide bonds. The average Bonchev–Trinajstić information content (AvgIpc) is 2.29. The van der Waals surface area contributed by atoms with Crippen LogP contribution in [0.1, 0.15) is 12.5 Å². The van der Waals surface area contributed by atoms with Gasteiger partial charge < -0.3 is 10.5 Å². The molecule has 1 unspecified atom stereocenters. The molecule has 0 saturated carbocycles. The number of nitrogens with two attached hydrogens (primary N) is 1. The zero-order chi connectivity index (χ0) is 12.0. The number of nitrogens with one attached hydrogen (secondary N) is 1. The molecule has 0 saturated heterocycles. The molecule has 0 aliphatic heterocycles. The van der Waals surface area contributed by atoms with E-state index in [9.17, 15) is 4.79 Å². The molecule has 4 nitrogen and oxygen atoms in total. The molecule has 0 bridgehead atoms. The summed E-state index contributed by atoms with van der Waals surface area (Å²) in [5, 5.41) is 3.11. The second-order valence-corrected chi connectivity index (χ2v) is 3.60. The predicted octanol–water partition coefficient (Wildman–Crippen LogP) is 0.623. The number of primary amides is 1. The summed E-state index contributed by atoms with van der Waals surface area (Å²) < 4.78 is 5.11. The third-order valence-corrected chi connectivity index (χ3v) is 2.53. The van der Waals surface area contributed by atoms with E-state index in [1.165, 1.54) is 0 Å². The molecule has 16 heavy (non-hydrogen) atoms. The molecule has 4 heteroatoms. The van der Waals surface area contributed by atoms with Gasteiger partial charge in [0.2, 0.25) is 5.91 Å². The zero-order valence-electron chi connectivity index (χ0n) is 9.69. The fraction of sp³-hybridized carbons (Fsp3) is 0.417. The number of carbonyl (C=O) groups excluding carboxylic acids is 1. The zero-order valence-corrected chi connectivity index (χ0v) is 9.69. The Hall–Kier alpha value is -1.39. The molecular weight excluding hydrogens is 204 g/mol. The first kappa shape index (κ1) is 12.7. The van der Waals surface area contributed by atoms with Gasteiger partial charge in [-0.2, -0.15) is 0 Å². The van der Waals surface area contributed by atoms with Crippen LogP contribution in [0.2, 0.25) is 0 Å². The highest BCUT2D eigenvalue weighted by molar-refractivity contribution is 5.86. The van der Waals surface area contributed by atoms with Crippen LogP contribution in [0.3, 0.4) is 0 Å². The van der Waals surface area contributed by atoms with Crippen molar-refractivity contribution in [3.8, 4) is 0 Å². The number of hydrogen-bond donors (Lipinski definition) is 2. The van der Waals surface area contributed by atoms with Gasteiger partial charge in [0.1, 0.15) is 5.54 Å². The van der Waals surface area contributed by atoms with Gasteiger partial charge in [0, 0.05) is 7.11 Å². The maximum absolute atomic E-state index is 11.7.